The molecule has 4 rings (SSSR count). The number of anilines is 1. The molecule has 2 aromatic rings. The molecule has 1 saturated carbocycles. The summed E-state index contributed by atoms with van der Waals surface area (Å²) in [5, 5.41) is 7.94. The summed E-state index contributed by atoms with van der Waals surface area (Å²) < 4.78 is 48.6. The smallest absolute Gasteiger partial charge is 0.240 e. The molecule has 0 unspecified atom stereocenters. The normalized spacial score (nSPS) is 21.5. The molecule has 188 valence electrons. The van der Waals surface area contributed by atoms with Crippen LogP contribution in [0.2, 0.25) is 5.02 Å². The molecule has 1 aliphatic heterocycles. The van der Waals surface area contributed by atoms with E-state index in [-0.39, 0.29) is 29.3 Å². The van der Waals surface area contributed by atoms with E-state index in [1.54, 1.807) is 14.0 Å². The summed E-state index contributed by atoms with van der Waals surface area (Å²) in [5.74, 6) is 1.17. The van der Waals surface area contributed by atoms with Gasteiger partial charge in [-0.1, -0.05) is 11.6 Å². The van der Waals surface area contributed by atoms with Gasteiger partial charge < -0.3 is 14.2 Å². The maximum absolute atomic E-state index is 13.5. The Balaban J connectivity index is 1.66. The molecule has 2 fully saturated rings. The minimum absolute atomic E-state index is 0.0528. The van der Waals surface area contributed by atoms with Crippen LogP contribution in [-0.2, 0) is 29.8 Å². The Bertz CT molecular complexity index is 1080. The fourth-order valence-electron chi connectivity index (χ4n) is 4.20. The molecule has 3 atom stereocenters. The first-order chi connectivity index (χ1) is 16.2. The highest BCUT2D eigenvalue weighted by atomic mass is 35.5. The first-order valence-electron chi connectivity index (χ1n) is 11.3. The molecular formula is C21H31ClN6O5S. The molecule has 0 spiro atoms. The molecule has 11 nitrogen and oxygen atoms in total. The van der Waals surface area contributed by atoms with E-state index < -0.39 is 21.4 Å². The van der Waals surface area contributed by atoms with Crippen LogP contribution in [0.3, 0.4) is 0 Å². The Hall–Kier alpha value is -1.86. The van der Waals surface area contributed by atoms with Gasteiger partial charge in [0.25, 0.3) is 0 Å². The van der Waals surface area contributed by atoms with Crippen molar-refractivity contribution in [2.75, 3.05) is 31.7 Å². The number of hydrogen-bond donors (Lipinski definition) is 1. The molecule has 3 heterocycles. The third kappa shape index (κ3) is 5.20. The molecule has 34 heavy (non-hydrogen) atoms. The third-order valence-corrected chi connectivity index (χ3v) is 8.05. The summed E-state index contributed by atoms with van der Waals surface area (Å²) in [4.78, 5) is 8.39. The third-order valence-electron chi connectivity index (χ3n) is 6.16. The summed E-state index contributed by atoms with van der Waals surface area (Å²) in [6.07, 6.45) is 4.17. The van der Waals surface area contributed by atoms with Gasteiger partial charge in [0, 0.05) is 32.0 Å². The van der Waals surface area contributed by atoms with E-state index in [2.05, 4.69) is 24.9 Å². The van der Waals surface area contributed by atoms with E-state index in [1.807, 2.05) is 18.4 Å². The topological polar surface area (TPSA) is 130 Å². The molecule has 0 aromatic carbocycles. The number of halogens is 1. The van der Waals surface area contributed by atoms with Crippen LogP contribution < -0.4 is 4.72 Å². The van der Waals surface area contributed by atoms with Gasteiger partial charge in [-0.25, -0.2) is 18.4 Å². The van der Waals surface area contributed by atoms with Crippen molar-refractivity contribution in [3.05, 3.63) is 29.1 Å². The number of aromatic nitrogens is 5. The van der Waals surface area contributed by atoms with Crippen molar-refractivity contribution in [2.24, 2.45) is 0 Å². The number of nitrogens with one attached hydrogen (secondary N) is 1. The molecule has 0 radical (unpaired) electrons. The highest BCUT2D eigenvalue weighted by Gasteiger charge is 2.49. The second-order valence-electron chi connectivity index (χ2n) is 9.15. The lowest BCUT2D eigenvalue weighted by molar-refractivity contribution is 0.00154. The second-order valence-corrected chi connectivity index (χ2v) is 11.6. The lowest BCUT2D eigenvalue weighted by atomic mass is 10.1. The molecule has 0 amide bonds. The van der Waals surface area contributed by atoms with E-state index in [4.69, 9.17) is 25.8 Å². The number of sulfonamides is 1. The van der Waals surface area contributed by atoms with Crippen molar-refractivity contribution in [3.63, 3.8) is 0 Å². The van der Waals surface area contributed by atoms with Crippen molar-refractivity contribution in [2.45, 2.75) is 68.9 Å². The zero-order valence-electron chi connectivity index (χ0n) is 19.8. The number of nitrogens with zero attached hydrogens (tertiary/aromatic N) is 5. The largest absolute Gasteiger partial charge is 0.382 e. The van der Waals surface area contributed by atoms with E-state index in [9.17, 15) is 8.42 Å². The van der Waals surface area contributed by atoms with E-state index in [0.717, 1.165) is 19.3 Å². The monoisotopic (exact) mass is 514 g/mol. The Morgan fingerprint density at radius 3 is 2.53 bits per heavy atom. The molecule has 2 aromatic heterocycles. The summed E-state index contributed by atoms with van der Waals surface area (Å²) in [6, 6.07) is 0. The predicted octanol–water partition coefficient (Wildman–Crippen LogP) is 2.66. The van der Waals surface area contributed by atoms with E-state index >= 15 is 0 Å². The van der Waals surface area contributed by atoms with Crippen molar-refractivity contribution in [1.29, 1.82) is 0 Å². The van der Waals surface area contributed by atoms with Crippen LogP contribution in [0.4, 0.5) is 5.95 Å². The Labute approximate surface area is 204 Å². The molecule has 1 aliphatic carbocycles. The van der Waals surface area contributed by atoms with Gasteiger partial charge in [0.2, 0.25) is 16.0 Å². The standard InChI is InChI=1S/C21H31ClN6O5S/c1-13(2)33-17(18-23-9-16(22)10-24-18)14(3)34(29,30)27-20-26-25-19(15-5-8-32-11-15)28(20)21(6-7-21)12-31-4/h9-10,13-15,17H,5-8,11-12H2,1-4H3,(H,26,27)/t14-,15-,17+/m0/s1. The zero-order chi connectivity index (χ0) is 24.5. The number of rotatable bonds is 11. The van der Waals surface area contributed by atoms with Crippen LogP contribution in [0.15, 0.2) is 12.4 Å². The van der Waals surface area contributed by atoms with Gasteiger partial charge in [-0.15, -0.1) is 10.2 Å². The number of methoxy groups -OCH3 is 1. The molecule has 13 heteroatoms. The van der Waals surface area contributed by atoms with Crippen LogP contribution in [-0.4, -0.2) is 71.4 Å². The minimum Gasteiger partial charge on any atom is -0.382 e. The molecule has 1 N–H and O–H groups in total. The first-order valence-corrected chi connectivity index (χ1v) is 13.3. The van der Waals surface area contributed by atoms with Gasteiger partial charge in [-0.3, -0.25) is 9.29 Å². The molecule has 1 saturated heterocycles. The first kappa shape index (κ1) is 25.2. The average Bonchev–Trinajstić information content (AvgIpc) is 3.18. The number of ether oxygens (including phenoxy) is 3. The van der Waals surface area contributed by atoms with Crippen LogP contribution in [0.5, 0.6) is 0 Å². The molecule has 0 bridgehead atoms. The van der Waals surface area contributed by atoms with Crippen LogP contribution in [0, 0.1) is 0 Å². The van der Waals surface area contributed by atoms with Crippen molar-refractivity contribution < 1.29 is 22.6 Å². The lowest BCUT2D eigenvalue weighted by Crippen LogP contribution is -2.36. The highest BCUT2D eigenvalue weighted by molar-refractivity contribution is 7.93. The summed E-state index contributed by atoms with van der Waals surface area (Å²) in [7, 11) is -2.35. The fourth-order valence-corrected chi connectivity index (χ4v) is 5.39. The van der Waals surface area contributed by atoms with Gasteiger partial charge in [-0.2, -0.15) is 0 Å². The van der Waals surface area contributed by atoms with Crippen LogP contribution >= 0.6 is 11.6 Å². The minimum atomic E-state index is -3.98. The molecule has 2 aliphatic rings. The lowest BCUT2D eigenvalue weighted by Gasteiger charge is -2.26. The second kappa shape index (κ2) is 10.0. The van der Waals surface area contributed by atoms with Crippen molar-refractivity contribution in [3.8, 4) is 0 Å². The summed E-state index contributed by atoms with van der Waals surface area (Å²) in [5.41, 5.74) is -0.371. The van der Waals surface area contributed by atoms with Crippen LogP contribution in [0.1, 0.15) is 63.7 Å². The maximum atomic E-state index is 13.5. The highest BCUT2D eigenvalue weighted by Crippen LogP contribution is 2.47. The Morgan fingerprint density at radius 2 is 1.97 bits per heavy atom. The van der Waals surface area contributed by atoms with Crippen molar-refractivity contribution >= 4 is 27.6 Å². The summed E-state index contributed by atoms with van der Waals surface area (Å²) >= 11 is 5.91. The van der Waals surface area contributed by atoms with E-state index in [0.29, 0.717) is 30.7 Å². The SMILES string of the molecule is COCC1(n2c(NS(=O)(=O)[C@@H](C)[C@@H](OC(C)C)c3ncc(Cl)cn3)nnc2[C@H]2CCOC2)CC1. The van der Waals surface area contributed by atoms with Gasteiger partial charge in [0.15, 0.2) is 5.82 Å². The van der Waals surface area contributed by atoms with Gasteiger partial charge in [0.1, 0.15) is 17.2 Å². The average molecular weight is 515 g/mol. The summed E-state index contributed by atoms with van der Waals surface area (Å²) in [6.45, 7) is 6.81. The predicted molar refractivity (Wildman–Crippen MR) is 125 cm³/mol. The van der Waals surface area contributed by atoms with Gasteiger partial charge >= 0.3 is 0 Å². The number of hydrogen-bond acceptors (Lipinski definition) is 9. The van der Waals surface area contributed by atoms with E-state index in [1.165, 1.54) is 12.4 Å². The maximum Gasteiger partial charge on any atom is 0.240 e. The molecular weight excluding hydrogens is 484 g/mol. The van der Waals surface area contributed by atoms with Gasteiger partial charge in [0.05, 0.1) is 29.9 Å². The quantitative estimate of drug-likeness (QED) is 0.480. The zero-order valence-corrected chi connectivity index (χ0v) is 21.3. The Kier molecular flexibility index (Phi) is 7.44. The Morgan fingerprint density at radius 1 is 1.26 bits per heavy atom. The van der Waals surface area contributed by atoms with Crippen LogP contribution in [0.25, 0.3) is 0 Å². The van der Waals surface area contributed by atoms with Crippen molar-refractivity contribution in [1.82, 2.24) is 24.7 Å². The fraction of sp³-hybridized carbons (Fsp3) is 0.714. The van der Waals surface area contributed by atoms with Gasteiger partial charge in [-0.05, 0) is 40.0 Å².